The second-order valence-corrected chi connectivity index (χ2v) is 8.11. The third-order valence-corrected chi connectivity index (χ3v) is 6.15. The molecule has 0 atom stereocenters. The number of hydrogen-bond acceptors (Lipinski definition) is 5. The Labute approximate surface area is 155 Å². The fourth-order valence-corrected chi connectivity index (χ4v) is 4.71. The van der Waals surface area contributed by atoms with Gasteiger partial charge in [0.1, 0.15) is 0 Å². The number of thiazole rings is 1. The van der Waals surface area contributed by atoms with Gasteiger partial charge in [0, 0.05) is 36.3 Å². The van der Waals surface area contributed by atoms with E-state index in [9.17, 15) is 4.79 Å². The van der Waals surface area contributed by atoms with Gasteiger partial charge in [-0.05, 0) is 29.5 Å². The maximum atomic E-state index is 12.2. The van der Waals surface area contributed by atoms with Gasteiger partial charge in [-0.1, -0.05) is 24.3 Å². The molecule has 6 heteroatoms. The summed E-state index contributed by atoms with van der Waals surface area (Å²) in [5, 5.41) is 7.40. The Balaban J connectivity index is 1.44. The first kappa shape index (κ1) is 16.4. The van der Waals surface area contributed by atoms with Crippen LogP contribution in [-0.4, -0.2) is 22.3 Å². The van der Waals surface area contributed by atoms with E-state index in [1.807, 2.05) is 16.8 Å². The molecule has 0 fully saturated rings. The molecule has 4 rings (SSSR count). The molecule has 0 radical (unpaired) electrons. The summed E-state index contributed by atoms with van der Waals surface area (Å²) in [5.74, 6) is -0.0795. The quantitative estimate of drug-likeness (QED) is 0.745. The highest BCUT2D eigenvalue weighted by Crippen LogP contribution is 2.29. The third-order valence-electron chi connectivity index (χ3n) is 4.47. The SMILES string of the molecule is Cc1ccccc1CN1CCc2nc(NC(=O)c3ccsc3)sc2C1. The number of amides is 1. The molecule has 0 aliphatic carbocycles. The first-order valence-corrected chi connectivity index (χ1v) is 10.0. The van der Waals surface area contributed by atoms with Gasteiger partial charge in [-0.15, -0.1) is 11.3 Å². The standard InChI is InChI=1S/C19H19N3OS2/c1-13-4-2-3-5-14(13)10-22-8-6-16-17(11-22)25-19(20-16)21-18(23)15-7-9-24-12-15/h2-5,7,9,12H,6,8,10-11H2,1H3,(H,20,21,23). The molecule has 1 amide bonds. The monoisotopic (exact) mass is 369 g/mol. The van der Waals surface area contributed by atoms with E-state index < -0.39 is 0 Å². The van der Waals surface area contributed by atoms with Crippen molar-refractivity contribution >= 4 is 33.7 Å². The number of nitrogens with zero attached hydrogens (tertiary/aromatic N) is 2. The zero-order chi connectivity index (χ0) is 17.2. The Morgan fingerprint density at radius 1 is 1.32 bits per heavy atom. The minimum Gasteiger partial charge on any atom is -0.298 e. The summed E-state index contributed by atoms with van der Waals surface area (Å²) in [7, 11) is 0. The molecule has 1 aromatic carbocycles. The van der Waals surface area contributed by atoms with Crippen LogP contribution < -0.4 is 5.32 Å². The minimum absolute atomic E-state index is 0.0795. The number of carbonyl (C=O) groups excluding carboxylic acids is 1. The van der Waals surface area contributed by atoms with E-state index in [0.717, 1.165) is 31.7 Å². The van der Waals surface area contributed by atoms with Crippen LogP contribution in [0.1, 0.15) is 32.1 Å². The van der Waals surface area contributed by atoms with Crippen LogP contribution in [-0.2, 0) is 19.5 Å². The average molecular weight is 370 g/mol. The Morgan fingerprint density at radius 3 is 3.00 bits per heavy atom. The van der Waals surface area contributed by atoms with Crippen molar-refractivity contribution in [3.63, 3.8) is 0 Å². The number of carbonyl (C=O) groups is 1. The summed E-state index contributed by atoms with van der Waals surface area (Å²) >= 11 is 3.12. The van der Waals surface area contributed by atoms with E-state index in [-0.39, 0.29) is 5.91 Å². The lowest BCUT2D eigenvalue weighted by Crippen LogP contribution is -2.29. The van der Waals surface area contributed by atoms with Gasteiger partial charge < -0.3 is 0 Å². The molecular formula is C19H19N3OS2. The van der Waals surface area contributed by atoms with Crippen LogP contribution in [0.2, 0.25) is 0 Å². The summed E-state index contributed by atoms with van der Waals surface area (Å²) in [6, 6.07) is 10.4. The Hall–Kier alpha value is -2.02. The molecule has 25 heavy (non-hydrogen) atoms. The zero-order valence-electron chi connectivity index (χ0n) is 14.0. The number of anilines is 1. The molecule has 1 aliphatic rings. The molecule has 2 aromatic heterocycles. The summed E-state index contributed by atoms with van der Waals surface area (Å²) in [6.45, 7) is 5.02. The molecule has 4 nitrogen and oxygen atoms in total. The predicted molar refractivity (Wildman–Crippen MR) is 103 cm³/mol. The second-order valence-electron chi connectivity index (χ2n) is 6.24. The number of aromatic nitrogens is 1. The molecule has 0 saturated heterocycles. The molecular weight excluding hydrogens is 350 g/mol. The summed E-state index contributed by atoms with van der Waals surface area (Å²) in [6.07, 6.45) is 0.937. The van der Waals surface area contributed by atoms with Crippen molar-refractivity contribution in [3.8, 4) is 0 Å². The van der Waals surface area contributed by atoms with E-state index in [2.05, 4.69) is 46.4 Å². The van der Waals surface area contributed by atoms with Gasteiger partial charge in [-0.2, -0.15) is 11.3 Å². The van der Waals surface area contributed by atoms with E-state index in [1.165, 1.54) is 27.3 Å². The van der Waals surface area contributed by atoms with Crippen molar-refractivity contribution in [2.75, 3.05) is 11.9 Å². The molecule has 0 bridgehead atoms. The van der Waals surface area contributed by atoms with Crippen LogP contribution in [0.25, 0.3) is 0 Å². The number of fused-ring (bicyclic) bond motifs is 1. The first-order chi connectivity index (χ1) is 12.2. The van der Waals surface area contributed by atoms with Crippen LogP contribution in [0.4, 0.5) is 5.13 Å². The van der Waals surface area contributed by atoms with Crippen molar-refractivity contribution in [2.24, 2.45) is 0 Å². The molecule has 1 aliphatic heterocycles. The van der Waals surface area contributed by atoms with Gasteiger partial charge in [-0.25, -0.2) is 4.98 Å². The Morgan fingerprint density at radius 2 is 2.20 bits per heavy atom. The number of rotatable bonds is 4. The fourth-order valence-electron chi connectivity index (χ4n) is 3.03. The summed E-state index contributed by atoms with van der Waals surface area (Å²) in [5.41, 5.74) is 4.54. The minimum atomic E-state index is -0.0795. The topological polar surface area (TPSA) is 45.2 Å². The van der Waals surface area contributed by atoms with Gasteiger partial charge in [-0.3, -0.25) is 15.0 Å². The first-order valence-electron chi connectivity index (χ1n) is 8.28. The van der Waals surface area contributed by atoms with Crippen LogP contribution >= 0.6 is 22.7 Å². The van der Waals surface area contributed by atoms with Crippen molar-refractivity contribution in [1.82, 2.24) is 9.88 Å². The number of thiophene rings is 1. The molecule has 1 N–H and O–H groups in total. The van der Waals surface area contributed by atoms with Crippen molar-refractivity contribution in [2.45, 2.75) is 26.4 Å². The van der Waals surface area contributed by atoms with E-state index in [1.54, 1.807) is 11.3 Å². The number of aryl methyl sites for hydroxylation is 1. The lowest BCUT2D eigenvalue weighted by molar-refractivity contribution is 0.102. The van der Waals surface area contributed by atoms with Gasteiger partial charge in [0.25, 0.3) is 5.91 Å². The lowest BCUT2D eigenvalue weighted by atomic mass is 10.1. The molecule has 0 saturated carbocycles. The zero-order valence-corrected chi connectivity index (χ0v) is 15.6. The van der Waals surface area contributed by atoms with Crippen molar-refractivity contribution in [1.29, 1.82) is 0 Å². The molecule has 0 spiro atoms. The second kappa shape index (κ2) is 7.07. The molecule has 3 aromatic rings. The van der Waals surface area contributed by atoms with E-state index >= 15 is 0 Å². The Kier molecular flexibility index (Phi) is 4.65. The van der Waals surface area contributed by atoms with Crippen LogP contribution in [0.3, 0.4) is 0 Å². The van der Waals surface area contributed by atoms with Gasteiger partial charge in [0.15, 0.2) is 5.13 Å². The molecule has 3 heterocycles. The maximum absolute atomic E-state index is 12.2. The van der Waals surface area contributed by atoms with E-state index in [0.29, 0.717) is 10.7 Å². The highest BCUT2D eigenvalue weighted by Gasteiger charge is 2.22. The third kappa shape index (κ3) is 3.66. The number of nitrogens with one attached hydrogen (secondary N) is 1. The van der Waals surface area contributed by atoms with Gasteiger partial charge >= 0.3 is 0 Å². The Bertz CT molecular complexity index is 886. The fraction of sp³-hybridized carbons (Fsp3) is 0.263. The number of benzene rings is 1. The smallest absolute Gasteiger partial charge is 0.258 e. The average Bonchev–Trinajstić information content (AvgIpc) is 3.25. The maximum Gasteiger partial charge on any atom is 0.258 e. The predicted octanol–water partition coefficient (Wildman–Crippen LogP) is 4.32. The van der Waals surface area contributed by atoms with Crippen LogP contribution in [0, 0.1) is 6.92 Å². The molecule has 0 unspecified atom stereocenters. The molecule has 128 valence electrons. The normalized spacial score (nSPS) is 14.3. The largest absolute Gasteiger partial charge is 0.298 e. The van der Waals surface area contributed by atoms with E-state index in [4.69, 9.17) is 0 Å². The highest BCUT2D eigenvalue weighted by atomic mass is 32.1. The summed E-state index contributed by atoms with van der Waals surface area (Å²) in [4.78, 5) is 20.5. The summed E-state index contributed by atoms with van der Waals surface area (Å²) < 4.78 is 0. The lowest BCUT2D eigenvalue weighted by Gasteiger charge is -2.26. The van der Waals surface area contributed by atoms with Gasteiger partial charge in [0.2, 0.25) is 0 Å². The van der Waals surface area contributed by atoms with Crippen molar-refractivity contribution in [3.05, 3.63) is 68.4 Å². The number of hydrogen-bond donors (Lipinski definition) is 1. The van der Waals surface area contributed by atoms with Crippen molar-refractivity contribution < 1.29 is 4.79 Å². The van der Waals surface area contributed by atoms with Crippen LogP contribution in [0.15, 0.2) is 41.1 Å². The highest BCUT2D eigenvalue weighted by molar-refractivity contribution is 7.16. The van der Waals surface area contributed by atoms with Crippen LogP contribution in [0.5, 0.6) is 0 Å². The van der Waals surface area contributed by atoms with Gasteiger partial charge in [0.05, 0.1) is 11.3 Å².